The lowest BCUT2D eigenvalue weighted by molar-refractivity contribution is 0.269. The molecule has 1 aromatic carbocycles. The molecule has 0 radical (unpaired) electrons. The predicted molar refractivity (Wildman–Crippen MR) is 60.3 cm³/mol. The van der Waals surface area contributed by atoms with Crippen LogP contribution in [0.4, 0.5) is 10.5 Å². The molecule has 2 aromatic rings. The number of nitrogens with one attached hydrogen (secondary N) is 1. The summed E-state index contributed by atoms with van der Waals surface area (Å²) in [6, 6.07) is 5.49. The summed E-state index contributed by atoms with van der Waals surface area (Å²) in [4.78, 5) is 15.0. The molecule has 1 N–H and O–H groups in total. The molecule has 0 aliphatic heterocycles. The average Bonchev–Trinajstić information content (AvgIpc) is 2.41. The van der Waals surface area contributed by atoms with Crippen molar-refractivity contribution in [3.63, 3.8) is 0 Å². The van der Waals surface area contributed by atoms with Gasteiger partial charge >= 0.3 is 5.37 Å². The van der Waals surface area contributed by atoms with Crippen molar-refractivity contribution in [3.8, 4) is 0 Å². The Bertz CT molecular complexity index is 533. The van der Waals surface area contributed by atoms with Gasteiger partial charge in [0.2, 0.25) is 0 Å². The largest absolute Gasteiger partial charge is 0.331 e. The fourth-order valence-electron chi connectivity index (χ4n) is 1.51. The molecule has 0 unspecified atom stereocenters. The highest BCUT2D eigenvalue weighted by Gasteiger charge is 2.05. The summed E-state index contributed by atoms with van der Waals surface area (Å²) < 4.78 is 1.99. The van der Waals surface area contributed by atoms with Gasteiger partial charge in [0.05, 0.1) is 11.0 Å². The topological polar surface area (TPSA) is 46.9 Å². The number of amides is 1. The molecular formula is C10H10ClN3O. The summed E-state index contributed by atoms with van der Waals surface area (Å²) in [6.45, 7) is 1.93. The first kappa shape index (κ1) is 9.98. The Balaban J connectivity index is 2.52. The maximum atomic E-state index is 10.7. The van der Waals surface area contributed by atoms with Gasteiger partial charge in [0.1, 0.15) is 5.82 Å². The molecule has 2 rings (SSSR count). The standard InChI is InChI=1S/C10H10ClN3O/c1-6-12-8-5-7(13-10(11)15)3-4-9(8)14(6)2/h3-5H,1-2H3,(H,13,15). The van der Waals surface area contributed by atoms with Crippen LogP contribution in [0.3, 0.4) is 0 Å². The highest BCUT2D eigenvalue weighted by Crippen LogP contribution is 2.19. The molecule has 1 aromatic heterocycles. The van der Waals surface area contributed by atoms with E-state index in [0.717, 1.165) is 16.9 Å². The highest BCUT2D eigenvalue weighted by atomic mass is 35.5. The van der Waals surface area contributed by atoms with E-state index in [9.17, 15) is 4.79 Å². The fourth-order valence-corrected chi connectivity index (χ4v) is 1.62. The monoisotopic (exact) mass is 223 g/mol. The van der Waals surface area contributed by atoms with Crippen LogP contribution in [0.15, 0.2) is 18.2 Å². The summed E-state index contributed by atoms with van der Waals surface area (Å²) >= 11 is 5.22. The number of carbonyl (C=O) groups is 1. The lowest BCUT2D eigenvalue weighted by atomic mass is 10.3. The molecule has 0 bridgehead atoms. The van der Waals surface area contributed by atoms with Crippen LogP contribution in [0.25, 0.3) is 11.0 Å². The minimum absolute atomic E-state index is 0.595. The number of rotatable bonds is 1. The molecule has 0 aliphatic rings. The van der Waals surface area contributed by atoms with Crippen LogP contribution in [0, 0.1) is 6.92 Å². The second-order valence-corrected chi connectivity index (χ2v) is 3.66. The number of benzene rings is 1. The first-order valence-electron chi connectivity index (χ1n) is 4.47. The Kier molecular flexibility index (Phi) is 2.36. The van der Waals surface area contributed by atoms with Gasteiger partial charge in [-0.25, -0.2) is 4.98 Å². The minimum atomic E-state index is -0.595. The number of imidazole rings is 1. The zero-order valence-electron chi connectivity index (χ0n) is 8.41. The van der Waals surface area contributed by atoms with E-state index >= 15 is 0 Å². The SMILES string of the molecule is Cc1nc2cc(NC(=O)Cl)ccc2n1C. The van der Waals surface area contributed by atoms with Crippen molar-refractivity contribution in [1.82, 2.24) is 9.55 Å². The highest BCUT2D eigenvalue weighted by molar-refractivity contribution is 6.65. The van der Waals surface area contributed by atoms with Crippen molar-refractivity contribution < 1.29 is 4.79 Å². The van der Waals surface area contributed by atoms with E-state index in [1.807, 2.05) is 24.6 Å². The smallest absolute Gasteiger partial charge is 0.318 e. The van der Waals surface area contributed by atoms with Gasteiger partial charge in [-0.3, -0.25) is 4.79 Å². The number of hydrogen-bond acceptors (Lipinski definition) is 2. The van der Waals surface area contributed by atoms with Crippen molar-refractivity contribution in [2.75, 3.05) is 5.32 Å². The van der Waals surface area contributed by atoms with Crippen LogP contribution in [0.1, 0.15) is 5.82 Å². The first-order valence-corrected chi connectivity index (χ1v) is 4.85. The number of halogens is 1. The number of aromatic nitrogens is 2. The Morgan fingerprint density at radius 2 is 2.27 bits per heavy atom. The molecule has 0 fully saturated rings. The zero-order valence-corrected chi connectivity index (χ0v) is 9.17. The van der Waals surface area contributed by atoms with Gasteiger partial charge < -0.3 is 9.88 Å². The second-order valence-electron chi connectivity index (χ2n) is 3.32. The Labute approximate surface area is 91.9 Å². The second kappa shape index (κ2) is 3.55. The van der Waals surface area contributed by atoms with Gasteiger partial charge in [-0.2, -0.15) is 0 Å². The van der Waals surface area contributed by atoms with Crippen LogP contribution < -0.4 is 5.32 Å². The first-order chi connectivity index (χ1) is 7.08. The Morgan fingerprint density at radius 3 is 2.93 bits per heavy atom. The third-order valence-corrected chi connectivity index (χ3v) is 2.44. The van der Waals surface area contributed by atoms with E-state index in [2.05, 4.69) is 10.3 Å². The third-order valence-electron chi connectivity index (χ3n) is 2.35. The van der Waals surface area contributed by atoms with Crippen LogP contribution in [0.2, 0.25) is 0 Å². The van der Waals surface area contributed by atoms with E-state index in [-0.39, 0.29) is 0 Å². The van der Waals surface area contributed by atoms with Gasteiger partial charge in [0.15, 0.2) is 0 Å². The molecule has 1 heterocycles. The van der Waals surface area contributed by atoms with Crippen molar-refractivity contribution in [1.29, 1.82) is 0 Å². The van der Waals surface area contributed by atoms with E-state index in [0.29, 0.717) is 5.69 Å². The molecule has 0 saturated carbocycles. The summed E-state index contributed by atoms with van der Waals surface area (Å²) in [5.74, 6) is 0.930. The number of anilines is 1. The normalized spacial score (nSPS) is 10.6. The number of aryl methyl sites for hydroxylation is 2. The molecule has 0 saturated heterocycles. The van der Waals surface area contributed by atoms with Gasteiger partial charge in [-0.05, 0) is 36.7 Å². The number of hydrogen-bond donors (Lipinski definition) is 1. The van der Waals surface area contributed by atoms with Gasteiger partial charge in [-0.1, -0.05) is 0 Å². The van der Waals surface area contributed by atoms with Crippen molar-refractivity contribution >= 4 is 33.7 Å². The molecule has 4 nitrogen and oxygen atoms in total. The van der Waals surface area contributed by atoms with Crippen LogP contribution in [-0.4, -0.2) is 14.9 Å². The maximum absolute atomic E-state index is 10.7. The minimum Gasteiger partial charge on any atom is -0.331 e. The molecule has 0 atom stereocenters. The van der Waals surface area contributed by atoms with Crippen LogP contribution in [0.5, 0.6) is 0 Å². The average molecular weight is 224 g/mol. The van der Waals surface area contributed by atoms with Gasteiger partial charge in [-0.15, -0.1) is 0 Å². The summed E-state index contributed by atoms with van der Waals surface area (Å²) in [7, 11) is 1.95. The van der Waals surface area contributed by atoms with Crippen molar-refractivity contribution in [2.24, 2.45) is 7.05 Å². The molecule has 1 amide bonds. The number of carbonyl (C=O) groups excluding carboxylic acids is 1. The molecular weight excluding hydrogens is 214 g/mol. The summed E-state index contributed by atoms with van der Waals surface area (Å²) in [5, 5.41) is 1.91. The summed E-state index contributed by atoms with van der Waals surface area (Å²) in [6.07, 6.45) is 0. The van der Waals surface area contributed by atoms with E-state index in [1.54, 1.807) is 12.1 Å². The quantitative estimate of drug-likeness (QED) is 0.597. The third kappa shape index (κ3) is 1.80. The summed E-state index contributed by atoms with van der Waals surface area (Å²) in [5.41, 5.74) is 2.53. The van der Waals surface area contributed by atoms with Crippen LogP contribution >= 0.6 is 11.6 Å². The number of nitrogens with zero attached hydrogens (tertiary/aromatic N) is 2. The molecule has 15 heavy (non-hydrogen) atoms. The molecule has 5 heteroatoms. The lowest BCUT2D eigenvalue weighted by Crippen LogP contribution is -2.00. The Morgan fingerprint density at radius 1 is 1.53 bits per heavy atom. The van der Waals surface area contributed by atoms with Crippen molar-refractivity contribution in [2.45, 2.75) is 6.92 Å². The fraction of sp³-hybridized carbons (Fsp3) is 0.200. The molecule has 78 valence electrons. The predicted octanol–water partition coefficient (Wildman–Crippen LogP) is 2.65. The molecule has 0 spiro atoms. The molecule has 0 aliphatic carbocycles. The zero-order chi connectivity index (χ0) is 11.0. The van der Waals surface area contributed by atoms with Crippen molar-refractivity contribution in [3.05, 3.63) is 24.0 Å². The number of fused-ring (bicyclic) bond motifs is 1. The lowest BCUT2D eigenvalue weighted by Gasteiger charge is -2.00. The van der Waals surface area contributed by atoms with Gasteiger partial charge in [0.25, 0.3) is 0 Å². The van der Waals surface area contributed by atoms with E-state index in [4.69, 9.17) is 11.6 Å². The van der Waals surface area contributed by atoms with E-state index in [1.165, 1.54) is 0 Å². The maximum Gasteiger partial charge on any atom is 0.318 e. The van der Waals surface area contributed by atoms with Gasteiger partial charge in [0, 0.05) is 12.7 Å². The Hall–Kier alpha value is -1.55. The van der Waals surface area contributed by atoms with Crippen LogP contribution in [-0.2, 0) is 7.05 Å². The van der Waals surface area contributed by atoms with E-state index < -0.39 is 5.37 Å².